The van der Waals surface area contributed by atoms with Crippen LogP contribution in [0, 0.1) is 0 Å². The Morgan fingerprint density at radius 2 is 0.867 bits per heavy atom. The molecule has 0 N–H and O–H groups in total. The molecule has 0 unspecified atom stereocenters. The SMILES string of the molecule is c1ccc(-c2ccc(-c3nc(-c4ccccc4)nc(-c4cccc5c4sc4c5ccc5ccc6ccccc6c54)n3)cc2)cc1. The van der Waals surface area contributed by atoms with E-state index in [2.05, 4.69) is 127 Å². The van der Waals surface area contributed by atoms with Crippen LogP contribution in [-0.4, -0.2) is 15.0 Å². The maximum absolute atomic E-state index is 5.12. The zero-order valence-corrected chi connectivity index (χ0v) is 25.0. The van der Waals surface area contributed by atoms with E-state index < -0.39 is 0 Å². The molecule has 9 rings (SSSR count). The van der Waals surface area contributed by atoms with Gasteiger partial charge in [0, 0.05) is 42.2 Å². The van der Waals surface area contributed by atoms with E-state index in [0.29, 0.717) is 17.5 Å². The summed E-state index contributed by atoms with van der Waals surface area (Å²) in [7, 11) is 0. The smallest absolute Gasteiger partial charge is 0.165 e. The fourth-order valence-corrected chi connectivity index (χ4v) is 7.68. The van der Waals surface area contributed by atoms with Gasteiger partial charge in [0.25, 0.3) is 0 Å². The van der Waals surface area contributed by atoms with E-state index in [1.807, 2.05) is 35.6 Å². The molecule has 3 nitrogen and oxygen atoms in total. The van der Waals surface area contributed by atoms with E-state index in [0.717, 1.165) is 22.3 Å². The molecule has 210 valence electrons. The number of benzene rings is 7. The zero-order valence-electron chi connectivity index (χ0n) is 24.2. The van der Waals surface area contributed by atoms with Crippen LogP contribution in [0.1, 0.15) is 0 Å². The standard InChI is InChI=1S/C41H25N3S/c1-3-10-26(11-4-1)27-18-22-31(23-19-27)40-42-39(30-13-5-2-6-14-30)43-41(44-40)35-17-9-16-33-34-25-24-29-21-20-28-12-7-8-15-32(28)36(29)38(34)45-37(33)35/h1-25H. The quantitative estimate of drug-likeness (QED) is 0.191. The number of hydrogen-bond donors (Lipinski definition) is 0. The van der Waals surface area contributed by atoms with Crippen molar-refractivity contribution in [3.63, 3.8) is 0 Å². The minimum Gasteiger partial charge on any atom is -0.208 e. The van der Waals surface area contributed by atoms with Gasteiger partial charge in [-0.1, -0.05) is 146 Å². The van der Waals surface area contributed by atoms with E-state index in [4.69, 9.17) is 15.0 Å². The monoisotopic (exact) mass is 591 g/mol. The van der Waals surface area contributed by atoms with Crippen LogP contribution in [0.25, 0.3) is 87.0 Å². The van der Waals surface area contributed by atoms with Crippen LogP contribution in [0.3, 0.4) is 0 Å². The molecule has 2 heterocycles. The number of thiophene rings is 1. The second-order valence-electron chi connectivity index (χ2n) is 11.2. The second kappa shape index (κ2) is 10.5. The highest BCUT2D eigenvalue weighted by molar-refractivity contribution is 7.27. The second-order valence-corrected chi connectivity index (χ2v) is 12.2. The van der Waals surface area contributed by atoms with Crippen LogP contribution in [0.15, 0.2) is 152 Å². The fraction of sp³-hybridized carbons (Fsp3) is 0. The van der Waals surface area contributed by atoms with Gasteiger partial charge in [0.1, 0.15) is 0 Å². The number of nitrogens with zero attached hydrogens (tertiary/aromatic N) is 3. The first kappa shape index (κ1) is 25.8. The molecule has 9 aromatic rings. The lowest BCUT2D eigenvalue weighted by Gasteiger charge is -2.09. The highest BCUT2D eigenvalue weighted by Crippen LogP contribution is 2.44. The predicted octanol–water partition coefficient (Wildman–Crippen LogP) is 11.2. The lowest BCUT2D eigenvalue weighted by atomic mass is 9.99. The van der Waals surface area contributed by atoms with Crippen LogP contribution in [0.2, 0.25) is 0 Å². The highest BCUT2D eigenvalue weighted by Gasteiger charge is 2.18. The Balaban J connectivity index is 1.26. The van der Waals surface area contributed by atoms with Crippen molar-refractivity contribution in [3.05, 3.63) is 152 Å². The van der Waals surface area contributed by atoms with Gasteiger partial charge in [0.2, 0.25) is 0 Å². The van der Waals surface area contributed by atoms with Crippen molar-refractivity contribution in [2.75, 3.05) is 0 Å². The first-order chi connectivity index (χ1) is 22.3. The predicted molar refractivity (Wildman–Crippen MR) is 189 cm³/mol. The summed E-state index contributed by atoms with van der Waals surface area (Å²) >= 11 is 1.83. The largest absolute Gasteiger partial charge is 0.208 e. The molecule has 0 radical (unpaired) electrons. The minimum absolute atomic E-state index is 0.660. The molecular weight excluding hydrogens is 567 g/mol. The van der Waals surface area contributed by atoms with Gasteiger partial charge in [-0.3, -0.25) is 0 Å². The maximum Gasteiger partial charge on any atom is 0.165 e. The molecule has 0 aliphatic carbocycles. The normalized spacial score (nSPS) is 11.6. The van der Waals surface area contributed by atoms with Crippen molar-refractivity contribution in [2.45, 2.75) is 0 Å². The molecule has 45 heavy (non-hydrogen) atoms. The summed E-state index contributed by atoms with van der Waals surface area (Å²) in [5.41, 5.74) is 5.28. The van der Waals surface area contributed by atoms with Crippen LogP contribution < -0.4 is 0 Å². The summed E-state index contributed by atoms with van der Waals surface area (Å²) in [4.78, 5) is 15.2. The molecule has 7 aromatic carbocycles. The number of rotatable bonds is 4. The Bertz CT molecular complexity index is 2520. The van der Waals surface area contributed by atoms with E-state index in [1.165, 1.54) is 47.3 Å². The molecule has 0 fully saturated rings. The average Bonchev–Trinajstić information content (AvgIpc) is 3.51. The van der Waals surface area contributed by atoms with Crippen LogP contribution in [0.5, 0.6) is 0 Å². The van der Waals surface area contributed by atoms with Gasteiger partial charge in [-0.15, -0.1) is 11.3 Å². The molecule has 0 saturated carbocycles. The van der Waals surface area contributed by atoms with Crippen molar-refractivity contribution < 1.29 is 0 Å². The van der Waals surface area contributed by atoms with Crippen molar-refractivity contribution >= 4 is 53.1 Å². The van der Waals surface area contributed by atoms with Crippen molar-refractivity contribution in [2.24, 2.45) is 0 Å². The zero-order chi connectivity index (χ0) is 29.7. The van der Waals surface area contributed by atoms with Gasteiger partial charge in [-0.25, -0.2) is 15.0 Å². The summed E-state index contributed by atoms with van der Waals surface area (Å²) in [5.74, 6) is 2.00. The summed E-state index contributed by atoms with van der Waals surface area (Å²) in [5, 5.41) is 7.57. The third-order valence-electron chi connectivity index (χ3n) is 8.53. The van der Waals surface area contributed by atoms with Gasteiger partial charge in [-0.05, 0) is 33.4 Å². The topological polar surface area (TPSA) is 38.7 Å². The molecule has 0 saturated heterocycles. The van der Waals surface area contributed by atoms with Crippen molar-refractivity contribution in [1.29, 1.82) is 0 Å². The third kappa shape index (κ3) is 4.38. The molecular formula is C41H25N3S. The molecule has 0 bridgehead atoms. The van der Waals surface area contributed by atoms with Gasteiger partial charge < -0.3 is 0 Å². The van der Waals surface area contributed by atoms with Crippen molar-refractivity contribution in [3.8, 4) is 45.3 Å². The molecule has 0 aliphatic rings. The third-order valence-corrected chi connectivity index (χ3v) is 9.80. The lowest BCUT2D eigenvalue weighted by Crippen LogP contribution is -2.00. The number of fused-ring (bicyclic) bond motifs is 7. The number of aromatic nitrogens is 3. The van der Waals surface area contributed by atoms with Gasteiger partial charge in [0.15, 0.2) is 17.5 Å². The van der Waals surface area contributed by atoms with E-state index >= 15 is 0 Å². The van der Waals surface area contributed by atoms with Crippen LogP contribution >= 0.6 is 11.3 Å². The summed E-state index contributed by atoms with van der Waals surface area (Å²) in [6, 6.07) is 53.2. The molecule has 4 heteroatoms. The molecule has 0 aliphatic heterocycles. The molecule has 2 aromatic heterocycles. The number of hydrogen-bond acceptors (Lipinski definition) is 4. The first-order valence-corrected chi connectivity index (χ1v) is 15.9. The van der Waals surface area contributed by atoms with Crippen LogP contribution in [0.4, 0.5) is 0 Å². The Morgan fingerprint density at radius 1 is 0.333 bits per heavy atom. The van der Waals surface area contributed by atoms with Gasteiger partial charge in [-0.2, -0.15) is 0 Å². The Hall–Kier alpha value is -5.71. The lowest BCUT2D eigenvalue weighted by molar-refractivity contribution is 1.08. The van der Waals surface area contributed by atoms with E-state index in [9.17, 15) is 0 Å². The van der Waals surface area contributed by atoms with Crippen molar-refractivity contribution in [1.82, 2.24) is 15.0 Å². The molecule has 0 atom stereocenters. The minimum atomic E-state index is 0.660. The van der Waals surface area contributed by atoms with Gasteiger partial charge in [0.05, 0.1) is 0 Å². The molecule has 0 amide bonds. The Labute approximate surface area is 264 Å². The molecule has 0 spiro atoms. The first-order valence-electron chi connectivity index (χ1n) is 15.0. The maximum atomic E-state index is 5.12. The van der Waals surface area contributed by atoms with Gasteiger partial charge >= 0.3 is 0 Å². The summed E-state index contributed by atoms with van der Waals surface area (Å²) in [6.45, 7) is 0. The Morgan fingerprint density at radius 3 is 1.64 bits per heavy atom. The Kier molecular flexibility index (Phi) is 6.00. The fourth-order valence-electron chi connectivity index (χ4n) is 6.30. The van der Waals surface area contributed by atoms with Crippen LogP contribution in [-0.2, 0) is 0 Å². The summed E-state index contributed by atoms with van der Waals surface area (Å²) in [6.07, 6.45) is 0. The average molecular weight is 592 g/mol. The van der Waals surface area contributed by atoms with E-state index in [1.54, 1.807) is 0 Å². The summed E-state index contributed by atoms with van der Waals surface area (Å²) < 4.78 is 2.48. The highest BCUT2D eigenvalue weighted by atomic mass is 32.1. The van der Waals surface area contributed by atoms with E-state index in [-0.39, 0.29) is 0 Å².